The van der Waals surface area contributed by atoms with E-state index < -0.39 is 5.97 Å². The Kier molecular flexibility index (Phi) is 3.36. The van der Waals surface area contributed by atoms with Crippen molar-refractivity contribution in [2.24, 2.45) is 0 Å². The van der Waals surface area contributed by atoms with Crippen molar-refractivity contribution in [2.45, 2.75) is 6.42 Å². The minimum Gasteiger partial charge on any atom is -0.477 e. The van der Waals surface area contributed by atoms with Crippen LogP contribution in [0, 0.1) is 0 Å². The number of hydrogen-bond donors (Lipinski definition) is 1. The molecule has 1 aromatic heterocycles. The smallest absolute Gasteiger partial charge is 0.354 e. The van der Waals surface area contributed by atoms with E-state index in [0.29, 0.717) is 12.4 Å². The Balaban J connectivity index is 2.18. The summed E-state index contributed by atoms with van der Waals surface area (Å²) in [6.45, 7) is 3.04. The summed E-state index contributed by atoms with van der Waals surface area (Å²) >= 11 is 0. The molecule has 0 spiro atoms. The third-order valence-electron chi connectivity index (χ3n) is 2.50. The van der Waals surface area contributed by atoms with E-state index in [0.717, 1.165) is 26.1 Å². The Bertz CT molecular complexity index is 373. The quantitative estimate of drug-likeness (QED) is 0.809. The van der Waals surface area contributed by atoms with Crippen LogP contribution in [-0.4, -0.2) is 42.4 Å². The fraction of sp³-hybridized carbons (Fsp3) is 0.455. The molecular formula is C11H14N2O3. The molecule has 0 aromatic carbocycles. The van der Waals surface area contributed by atoms with E-state index in [2.05, 4.69) is 9.88 Å². The first-order valence-corrected chi connectivity index (χ1v) is 5.30. The maximum absolute atomic E-state index is 10.8. The lowest BCUT2D eigenvalue weighted by Gasteiger charge is -2.20. The summed E-state index contributed by atoms with van der Waals surface area (Å²) in [5.74, 6) is -0.279. The van der Waals surface area contributed by atoms with Crippen molar-refractivity contribution < 1.29 is 14.6 Å². The summed E-state index contributed by atoms with van der Waals surface area (Å²) in [5.41, 5.74) is 0.0858. The fourth-order valence-electron chi connectivity index (χ4n) is 1.69. The van der Waals surface area contributed by atoms with Gasteiger partial charge in [0.15, 0.2) is 5.69 Å². The maximum Gasteiger partial charge on any atom is 0.354 e. The minimum absolute atomic E-state index is 0.0858. The second-order valence-corrected chi connectivity index (χ2v) is 3.64. The molecule has 0 amide bonds. The van der Waals surface area contributed by atoms with Crippen molar-refractivity contribution in [1.29, 1.82) is 0 Å². The van der Waals surface area contributed by atoms with E-state index in [9.17, 15) is 4.79 Å². The molecule has 0 saturated carbocycles. The van der Waals surface area contributed by atoms with Gasteiger partial charge in [-0.2, -0.15) is 0 Å². The highest BCUT2D eigenvalue weighted by atomic mass is 16.5. The zero-order valence-corrected chi connectivity index (χ0v) is 8.93. The van der Waals surface area contributed by atoms with E-state index in [4.69, 9.17) is 9.84 Å². The lowest BCUT2D eigenvalue weighted by Crippen LogP contribution is -2.27. The van der Waals surface area contributed by atoms with Crippen molar-refractivity contribution in [3.05, 3.63) is 23.9 Å². The second-order valence-electron chi connectivity index (χ2n) is 3.64. The largest absolute Gasteiger partial charge is 0.477 e. The van der Waals surface area contributed by atoms with Crippen molar-refractivity contribution >= 4 is 11.8 Å². The average molecular weight is 222 g/mol. The summed E-state index contributed by atoms with van der Waals surface area (Å²) in [5, 5.41) is 8.86. The summed E-state index contributed by atoms with van der Waals surface area (Å²) in [6.07, 6.45) is 0.943. The molecule has 16 heavy (non-hydrogen) atoms. The highest BCUT2D eigenvalue weighted by Gasteiger charge is 2.13. The van der Waals surface area contributed by atoms with Crippen LogP contribution < -0.4 is 4.90 Å². The van der Waals surface area contributed by atoms with Gasteiger partial charge < -0.3 is 14.7 Å². The van der Waals surface area contributed by atoms with E-state index in [1.165, 1.54) is 6.07 Å². The van der Waals surface area contributed by atoms with Crippen LogP contribution in [0.15, 0.2) is 18.2 Å². The second kappa shape index (κ2) is 4.94. The number of pyridine rings is 1. The summed E-state index contributed by atoms with van der Waals surface area (Å²) in [6, 6.07) is 5.05. The van der Waals surface area contributed by atoms with Crippen molar-refractivity contribution in [3.8, 4) is 0 Å². The number of carbonyl (C=O) groups is 1. The van der Waals surface area contributed by atoms with Gasteiger partial charge in [-0.15, -0.1) is 0 Å². The number of ether oxygens (including phenoxy) is 1. The molecule has 5 heteroatoms. The molecule has 0 aliphatic carbocycles. The number of aromatic carboxylic acids is 1. The topological polar surface area (TPSA) is 62.7 Å². The van der Waals surface area contributed by atoms with Crippen LogP contribution >= 0.6 is 0 Å². The molecule has 1 aliphatic heterocycles. The van der Waals surface area contributed by atoms with Crippen LogP contribution in [0.3, 0.4) is 0 Å². The van der Waals surface area contributed by atoms with Crippen molar-refractivity contribution in [1.82, 2.24) is 4.98 Å². The first-order chi connectivity index (χ1) is 7.77. The van der Waals surface area contributed by atoms with Gasteiger partial charge >= 0.3 is 5.97 Å². The van der Waals surface area contributed by atoms with Crippen LogP contribution in [0.5, 0.6) is 0 Å². The molecule has 2 rings (SSSR count). The van der Waals surface area contributed by atoms with E-state index in [1.54, 1.807) is 6.07 Å². The molecule has 1 fully saturated rings. The highest BCUT2D eigenvalue weighted by Crippen LogP contribution is 2.13. The molecule has 0 bridgehead atoms. The molecule has 1 N–H and O–H groups in total. The maximum atomic E-state index is 10.8. The van der Waals surface area contributed by atoms with Gasteiger partial charge in [0.05, 0.1) is 6.61 Å². The van der Waals surface area contributed by atoms with Crippen molar-refractivity contribution in [2.75, 3.05) is 31.2 Å². The summed E-state index contributed by atoms with van der Waals surface area (Å²) < 4.78 is 5.34. The number of anilines is 1. The minimum atomic E-state index is -0.993. The fourth-order valence-corrected chi connectivity index (χ4v) is 1.69. The van der Waals surface area contributed by atoms with Gasteiger partial charge in [0.1, 0.15) is 5.82 Å². The molecule has 2 heterocycles. The standard InChI is InChI=1S/C11H14N2O3/c14-11(15)9-3-1-4-10(12-9)13-5-2-7-16-8-6-13/h1,3-4H,2,5-8H2,(H,14,15). The third-order valence-corrected chi connectivity index (χ3v) is 2.50. The molecule has 5 nitrogen and oxygen atoms in total. The normalized spacial score (nSPS) is 16.9. The van der Waals surface area contributed by atoms with Gasteiger partial charge in [0.25, 0.3) is 0 Å². The average Bonchev–Trinajstić information content (AvgIpc) is 2.57. The number of rotatable bonds is 2. The molecule has 0 unspecified atom stereocenters. The zero-order chi connectivity index (χ0) is 11.4. The lowest BCUT2D eigenvalue weighted by molar-refractivity contribution is 0.0690. The predicted octanol–water partition coefficient (Wildman–Crippen LogP) is 1.01. The molecule has 86 valence electrons. The van der Waals surface area contributed by atoms with Gasteiger partial charge in [0.2, 0.25) is 0 Å². The first-order valence-electron chi connectivity index (χ1n) is 5.30. The molecular weight excluding hydrogens is 208 g/mol. The summed E-state index contributed by atoms with van der Waals surface area (Å²) in [4.78, 5) is 17.0. The van der Waals surface area contributed by atoms with Gasteiger partial charge in [-0.3, -0.25) is 0 Å². The number of carboxylic acids is 1. The van der Waals surface area contributed by atoms with Gasteiger partial charge in [-0.05, 0) is 18.6 Å². The highest BCUT2D eigenvalue weighted by molar-refractivity contribution is 5.85. The van der Waals surface area contributed by atoms with Crippen LogP contribution in [-0.2, 0) is 4.74 Å². The van der Waals surface area contributed by atoms with E-state index in [1.807, 2.05) is 6.07 Å². The van der Waals surface area contributed by atoms with E-state index >= 15 is 0 Å². The lowest BCUT2D eigenvalue weighted by atomic mass is 10.3. The predicted molar refractivity (Wildman–Crippen MR) is 58.8 cm³/mol. The Labute approximate surface area is 93.7 Å². The van der Waals surface area contributed by atoms with Gasteiger partial charge in [0, 0.05) is 19.7 Å². The zero-order valence-electron chi connectivity index (χ0n) is 8.93. The molecule has 0 atom stereocenters. The van der Waals surface area contributed by atoms with E-state index in [-0.39, 0.29) is 5.69 Å². The van der Waals surface area contributed by atoms with Gasteiger partial charge in [-0.25, -0.2) is 9.78 Å². The van der Waals surface area contributed by atoms with Crippen molar-refractivity contribution in [3.63, 3.8) is 0 Å². The number of nitrogens with zero attached hydrogens (tertiary/aromatic N) is 2. The number of carboxylic acid groups (broad SMARTS) is 1. The van der Waals surface area contributed by atoms with Crippen LogP contribution in [0.25, 0.3) is 0 Å². The molecule has 1 aliphatic rings. The Hall–Kier alpha value is -1.62. The molecule has 0 radical (unpaired) electrons. The Morgan fingerprint density at radius 3 is 3.06 bits per heavy atom. The van der Waals surface area contributed by atoms with Crippen LogP contribution in [0.2, 0.25) is 0 Å². The van der Waals surface area contributed by atoms with Crippen LogP contribution in [0.1, 0.15) is 16.9 Å². The number of hydrogen-bond acceptors (Lipinski definition) is 4. The Morgan fingerprint density at radius 1 is 1.38 bits per heavy atom. The SMILES string of the molecule is O=C(O)c1cccc(N2CCCOCC2)n1. The van der Waals surface area contributed by atoms with Crippen LogP contribution in [0.4, 0.5) is 5.82 Å². The molecule has 1 aromatic rings. The first kappa shape index (κ1) is 10.9. The summed E-state index contributed by atoms with van der Waals surface area (Å²) in [7, 11) is 0. The monoisotopic (exact) mass is 222 g/mol. The van der Waals surface area contributed by atoms with Gasteiger partial charge in [-0.1, -0.05) is 6.07 Å². The Morgan fingerprint density at radius 2 is 2.25 bits per heavy atom. The third kappa shape index (κ3) is 2.49. The number of aromatic nitrogens is 1. The molecule has 1 saturated heterocycles.